The van der Waals surface area contributed by atoms with Gasteiger partial charge in [-0.05, 0) is 17.7 Å². The van der Waals surface area contributed by atoms with Gasteiger partial charge in [0.2, 0.25) is 0 Å². The molecule has 0 saturated carbocycles. The predicted octanol–water partition coefficient (Wildman–Crippen LogP) is 4.60. The zero-order valence-corrected chi connectivity index (χ0v) is 11.5. The Balaban J connectivity index is 2.76. The van der Waals surface area contributed by atoms with Crippen LogP contribution in [0.3, 0.4) is 0 Å². The third-order valence-corrected chi connectivity index (χ3v) is 2.97. The van der Waals surface area contributed by atoms with E-state index < -0.39 is 12.7 Å². The highest BCUT2D eigenvalue weighted by Crippen LogP contribution is 2.24. The molecule has 1 rings (SSSR count). The summed E-state index contributed by atoms with van der Waals surface area (Å²) in [5, 5.41) is 0.799. The second kappa shape index (κ2) is 6.85. The first-order chi connectivity index (χ1) is 8.31. The molecule has 1 aromatic carbocycles. The van der Waals surface area contributed by atoms with Gasteiger partial charge in [-0.3, -0.25) is 4.90 Å². The maximum atomic E-state index is 12.4. The Morgan fingerprint density at radius 2 is 1.83 bits per heavy atom. The zero-order valence-electron chi connectivity index (χ0n) is 9.28. The zero-order chi connectivity index (χ0) is 13.8. The first-order valence-electron chi connectivity index (χ1n) is 5.11. The largest absolute Gasteiger partial charge is 0.401 e. The van der Waals surface area contributed by atoms with E-state index in [1.165, 1.54) is 11.0 Å². The molecule has 18 heavy (non-hydrogen) atoms. The predicted molar refractivity (Wildman–Crippen MR) is 68.5 cm³/mol. The normalized spacial score (nSPS) is 12.2. The van der Waals surface area contributed by atoms with Crippen LogP contribution in [-0.4, -0.2) is 30.0 Å². The van der Waals surface area contributed by atoms with Crippen molar-refractivity contribution in [2.45, 2.75) is 12.7 Å². The summed E-state index contributed by atoms with van der Waals surface area (Å²) in [7, 11) is 0. The van der Waals surface area contributed by atoms with E-state index in [0.717, 1.165) is 0 Å². The fourth-order valence-corrected chi connectivity index (χ4v) is 2.19. The lowest BCUT2D eigenvalue weighted by Crippen LogP contribution is -2.35. The first kappa shape index (κ1) is 15.9. The molecule has 0 heterocycles. The van der Waals surface area contributed by atoms with Crippen molar-refractivity contribution in [3.8, 4) is 0 Å². The molecule has 0 aromatic heterocycles. The van der Waals surface area contributed by atoms with Crippen molar-refractivity contribution in [2.24, 2.45) is 0 Å². The summed E-state index contributed by atoms with van der Waals surface area (Å²) in [6, 6.07) is 4.71. The SMILES string of the molecule is FC(F)(F)CN(CCCl)Cc1ccc(Cl)cc1Cl. The quantitative estimate of drug-likeness (QED) is 0.717. The van der Waals surface area contributed by atoms with E-state index in [1.54, 1.807) is 12.1 Å². The van der Waals surface area contributed by atoms with Gasteiger partial charge in [0, 0.05) is 29.0 Å². The summed E-state index contributed by atoms with van der Waals surface area (Å²) < 4.78 is 37.1. The molecule has 0 saturated heterocycles. The van der Waals surface area contributed by atoms with Gasteiger partial charge < -0.3 is 0 Å². The number of benzene rings is 1. The maximum Gasteiger partial charge on any atom is 0.401 e. The molecule has 0 spiro atoms. The molecular formula is C11H11Cl3F3N. The Morgan fingerprint density at radius 3 is 2.33 bits per heavy atom. The molecule has 7 heteroatoms. The lowest BCUT2D eigenvalue weighted by molar-refractivity contribution is -0.146. The fraction of sp³-hybridized carbons (Fsp3) is 0.455. The molecule has 0 fully saturated rings. The van der Waals surface area contributed by atoms with Gasteiger partial charge in [0.05, 0.1) is 6.54 Å². The highest BCUT2D eigenvalue weighted by Gasteiger charge is 2.30. The van der Waals surface area contributed by atoms with Gasteiger partial charge in [-0.15, -0.1) is 11.6 Å². The summed E-state index contributed by atoms with van der Waals surface area (Å²) in [5.41, 5.74) is 0.593. The van der Waals surface area contributed by atoms with E-state index in [-0.39, 0.29) is 19.0 Å². The van der Waals surface area contributed by atoms with Gasteiger partial charge in [0.25, 0.3) is 0 Å². The summed E-state index contributed by atoms with van der Waals surface area (Å²) in [4.78, 5) is 1.20. The van der Waals surface area contributed by atoms with Gasteiger partial charge in [-0.25, -0.2) is 0 Å². The minimum absolute atomic E-state index is 0.0855. The maximum absolute atomic E-state index is 12.4. The van der Waals surface area contributed by atoms with Crippen molar-refractivity contribution < 1.29 is 13.2 Å². The van der Waals surface area contributed by atoms with Crippen LogP contribution in [0.5, 0.6) is 0 Å². The minimum atomic E-state index is -4.26. The number of nitrogens with zero attached hydrogens (tertiary/aromatic N) is 1. The number of hydrogen-bond acceptors (Lipinski definition) is 1. The minimum Gasteiger partial charge on any atom is -0.289 e. The monoisotopic (exact) mass is 319 g/mol. The van der Waals surface area contributed by atoms with Crippen LogP contribution < -0.4 is 0 Å². The summed E-state index contributed by atoms with van der Waals surface area (Å²) >= 11 is 17.1. The average Bonchev–Trinajstić information content (AvgIpc) is 2.20. The second-order valence-corrected chi connectivity index (χ2v) is 4.97. The second-order valence-electron chi connectivity index (χ2n) is 3.75. The standard InChI is InChI=1S/C11H11Cl3F3N/c12-3-4-18(7-11(15,16)17)6-8-1-2-9(13)5-10(8)14/h1-2,5H,3-4,6-7H2. The van der Waals surface area contributed by atoms with Crippen molar-refractivity contribution in [1.29, 1.82) is 0 Å². The number of hydrogen-bond donors (Lipinski definition) is 0. The van der Waals surface area contributed by atoms with E-state index in [0.29, 0.717) is 15.6 Å². The third-order valence-electron chi connectivity index (χ3n) is 2.21. The Bertz CT molecular complexity index is 396. The van der Waals surface area contributed by atoms with Crippen LogP contribution in [0.25, 0.3) is 0 Å². The smallest absolute Gasteiger partial charge is 0.289 e. The molecule has 0 amide bonds. The summed E-state index contributed by atoms with van der Waals surface area (Å²) in [5.74, 6) is 0.126. The number of alkyl halides is 4. The van der Waals surface area contributed by atoms with Crippen molar-refractivity contribution in [2.75, 3.05) is 19.0 Å². The van der Waals surface area contributed by atoms with Gasteiger partial charge >= 0.3 is 6.18 Å². The van der Waals surface area contributed by atoms with Gasteiger partial charge in [0.1, 0.15) is 0 Å². The van der Waals surface area contributed by atoms with E-state index >= 15 is 0 Å². The molecule has 0 unspecified atom stereocenters. The Kier molecular flexibility index (Phi) is 6.05. The molecule has 0 aliphatic carbocycles. The van der Waals surface area contributed by atoms with Crippen molar-refractivity contribution in [3.63, 3.8) is 0 Å². The van der Waals surface area contributed by atoms with Crippen LogP contribution in [0, 0.1) is 0 Å². The van der Waals surface area contributed by atoms with Crippen LogP contribution in [-0.2, 0) is 6.54 Å². The van der Waals surface area contributed by atoms with Gasteiger partial charge in [-0.1, -0.05) is 29.3 Å². The van der Waals surface area contributed by atoms with Gasteiger partial charge in [-0.2, -0.15) is 13.2 Å². The van der Waals surface area contributed by atoms with Crippen molar-refractivity contribution >= 4 is 34.8 Å². The van der Waals surface area contributed by atoms with Crippen LogP contribution >= 0.6 is 34.8 Å². The molecule has 0 radical (unpaired) electrons. The first-order valence-corrected chi connectivity index (χ1v) is 6.40. The van der Waals surface area contributed by atoms with E-state index in [1.807, 2.05) is 0 Å². The molecule has 0 aliphatic rings. The van der Waals surface area contributed by atoms with Crippen LogP contribution in [0.1, 0.15) is 5.56 Å². The number of halogens is 6. The Hall–Kier alpha value is -0.160. The summed E-state index contributed by atoms with van der Waals surface area (Å²) in [6.07, 6.45) is -4.26. The highest BCUT2D eigenvalue weighted by molar-refractivity contribution is 6.35. The van der Waals surface area contributed by atoms with Crippen LogP contribution in [0.4, 0.5) is 13.2 Å². The van der Waals surface area contributed by atoms with Crippen molar-refractivity contribution in [1.82, 2.24) is 4.90 Å². The van der Waals surface area contributed by atoms with E-state index in [2.05, 4.69) is 0 Å². The van der Waals surface area contributed by atoms with E-state index in [4.69, 9.17) is 34.8 Å². The lowest BCUT2D eigenvalue weighted by Gasteiger charge is -2.23. The number of rotatable bonds is 5. The molecule has 0 aliphatic heterocycles. The van der Waals surface area contributed by atoms with Crippen LogP contribution in [0.15, 0.2) is 18.2 Å². The highest BCUT2D eigenvalue weighted by atomic mass is 35.5. The third kappa shape index (κ3) is 5.65. The Morgan fingerprint density at radius 1 is 1.17 bits per heavy atom. The van der Waals surface area contributed by atoms with Gasteiger partial charge in [0.15, 0.2) is 0 Å². The molecule has 0 atom stereocenters. The Labute approximate surface area is 118 Å². The van der Waals surface area contributed by atoms with E-state index in [9.17, 15) is 13.2 Å². The molecule has 102 valence electrons. The molecule has 0 N–H and O–H groups in total. The topological polar surface area (TPSA) is 3.24 Å². The average molecular weight is 321 g/mol. The molecular weight excluding hydrogens is 309 g/mol. The molecule has 1 nitrogen and oxygen atoms in total. The molecule has 1 aromatic rings. The van der Waals surface area contributed by atoms with Crippen LogP contribution in [0.2, 0.25) is 10.0 Å². The van der Waals surface area contributed by atoms with Crippen molar-refractivity contribution in [3.05, 3.63) is 33.8 Å². The summed E-state index contributed by atoms with van der Waals surface area (Å²) in [6.45, 7) is -0.791. The lowest BCUT2D eigenvalue weighted by atomic mass is 10.2. The molecule has 0 bridgehead atoms. The fourth-order valence-electron chi connectivity index (χ4n) is 1.48.